The van der Waals surface area contributed by atoms with Crippen molar-refractivity contribution in [1.82, 2.24) is 5.01 Å². The van der Waals surface area contributed by atoms with E-state index in [4.69, 9.17) is 26.3 Å². The fourth-order valence-corrected chi connectivity index (χ4v) is 2.70. The van der Waals surface area contributed by atoms with E-state index in [0.29, 0.717) is 46.6 Å². The molecule has 0 atom stereocenters. The van der Waals surface area contributed by atoms with Crippen LogP contribution in [0.5, 0.6) is 11.5 Å². The standard InChI is InChI=1S/C19H20ClN3O3/c1-4-9-26-18-16(20)11-14(12-17(18)25-5-2)10-15-13(3)22-23(19(15)24)8-6-7-21/h4,10-12H,1,5-6,8-9H2,2-3H3/b15-10+. The van der Waals surface area contributed by atoms with Gasteiger partial charge in [-0.3, -0.25) is 4.79 Å². The first-order valence-corrected chi connectivity index (χ1v) is 8.55. The van der Waals surface area contributed by atoms with Gasteiger partial charge in [-0.15, -0.1) is 0 Å². The van der Waals surface area contributed by atoms with Crippen molar-refractivity contribution in [2.45, 2.75) is 20.3 Å². The quantitative estimate of drug-likeness (QED) is 0.512. The maximum absolute atomic E-state index is 12.5. The van der Waals surface area contributed by atoms with E-state index < -0.39 is 0 Å². The van der Waals surface area contributed by atoms with Gasteiger partial charge in [-0.1, -0.05) is 24.3 Å². The van der Waals surface area contributed by atoms with Gasteiger partial charge in [0.1, 0.15) is 6.61 Å². The number of rotatable bonds is 8. The Kier molecular flexibility index (Phi) is 6.81. The Balaban J connectivity index is 2.35. The number of carbonyl (C=O) groups is 1. The van der Waals surface area contributed by atoms with E-state index in [9.17, 15) is 4.79 Å². The van der Waals surface area contributed by atoms with E-state index in [1.54, 1.807) is 31.2 Å². The van der Waals surface area contributed by atoms with Crippen molar-refractivity contribution in [3.8, 4) is 17.6 Å². The maximum atomic E-state index is 12.5. The van der Waals surface area contributed by atoms with Crippen LogP contribution in [0, 0.1) is 11.3 Å². The number of nitriles is 1. The van der Waals surface area contributed by atoms with E-state index >= 15 is 0 Å². The van der Waals surface area contributed by atoms with Gasteiger partial charge >= 0.3 is 0 Å². The third-order valence-electron chi connectivity index (χ3n) is 3.55. The molecular formula is C19H20ClN3O3. The monoisotopic (exact) mass is 373 g/mol. The first-order chi connectivity index (χ1) is 12.5. The lowest BCUT2D eigenvalue weighted by molar-refractivity contribution is -0.125. The molecule has 136 valence electrons. The predicted octanol–water partition coefficient (Wildman–Crippen LogP) is 3.82. The second kappa shape index (κ2) is 9.07. The lowest BCUT2D eigenvalue weighted by Crippen LogP contribution is -2.22. The van der Waals surface area contributed by atoms with Crippen LogP contribution in [0.2, 0.25) is 5.02 Å². The summed E-state index contributed by atoms with van der Waals surface area (Å²) in [7, 11) is 0. The van der Waals surface area contributed by atoms with Crippen molar-refractivity contribution >= 4 is 29.3 Å². The number of nitrogens with zero attached hydrogens (tertiary/aromatic N) is 3. The summed E-state index contributed by atoms with van der Waals surface area (Å²) < 4.78 is 11.2. The maximum Gasteiger partial charge on any atom is 0.275 e. The van der Waals surface area contributed by atoms with Crippen molar-refractivity contribution in [2.75, 3.05) is 19.8 Å². The number of carbonyl (C=O) groups excluding carboxylic acids is 1. The first-order valence-electron chi connectivity index (χ1n) is 8.17. The Morgan fingerprint density at radius 2 is 2.19 bits per heavy atom. The summed E-state index contributed by atoms with van der Waals surface area (Å²) in [6.07, 6.45) is 3.56. The van der Waals surface area contributed by atoms with Gasteiger partial charge in [0.25, 0.3) is 5.91 Å². The molecule has 26 heavy (non-hydrogen) atoms. The van der Waals surface area contributed by atoms with Crippen LogP contribution >= 0.6 is 11.6 Å². The first kappa shape index (κ1) is 19.5. The van der Waals surface area contributed by atoms with Crippen LogP contribution in [0.15, 0.2) is 35.5 Å². The second-order valence-corrected chi connectivity index (χ2v) is 5.85. The number of halogens is 1. The molecule has 6 nitrogen and oxygen atoms in total. The molecule has 0 unspecified atom stereocenters. The number of benzene rings is 1. The van der Waals surface area contributed by atoms with E-state index in [1.807, 2.05) is 13.0 Å². The molecule has 0 fully saturated rings. The van der Waals surface area contributed by atoms with Crippen LogP contribution in [0.25, 0.3) is 6.08 Å². The zero-order chi connectivity index (χ0) is 19.1. The van der Waals surface area contributed by atoms with E-state index in [1.165, 1.54) is 5.01 Å². The molecule has 1 aromatic rings. The smallest absolute Gasteiger partial charge is 0.275 e. The molecule has 1 heterocycles. The third kappa shape index (κ3) is 4.44. The van der Waals surface area contributed by atoms with Gasteiger partial charge in [0.2, 0.25) is 0 Å². The highest BCUT2D eigenvalue weighted by molar-refractivity contribution is 6.32. The van der Waals surface area contributed by atoms with E-state index in [2.05, 4.69) is 11.7 Å². The highest BCUT2D eigenvalue weighted by Crippen LogP contribution is 2.37. The summed E-state index contributed by atoms with van der Waals surface area (Å²) in [5.74, 6) is 0.697. The Hall–Kier alpha value is -2.78. The van der Waals surface area contributed by atoms with Gasteiger partial charge in [-0.05, 0) is 37.6 Å². The number of amides is 1. The lowest BCUT2D eigenvalue weighted by atomic mass is 10.1. The molecule has 0 N–H and O–H groups in total. The molecule has 0 saturated heterocycles. The molecule has 1 aliphatic rings. The van der Waals surface area contributed by atoms with Crippen LogP contribution in [0.3, 0.4) is 0 Å². The Morgan fingerprint density at radius 3 is 2.85 bits per heavy atom. The second-order valence-electron chi connectivity index (χ2n) is 5.44. The molecule has 0 bridgehead atoms. The van der Waals surface area contributed by atoms with E-state index in [0.717, 1.165) is 0 Å². The number of hydrazone groups is 1. The SMILES string of the molecule is C=CCOc1c(Cl)cc(/C=C2/C(=O)N(CCC#N)N=C2C)cc1OCC. The topological polar surface area (TPSA) is 74.9 Å². The Labute approximate surface area is 158 Å². The average molecular weight is 374 g/mol. The van der Waals surface area contributed by atoms with Crippen LogP contribution in [0.4, 0.5) is 0 Å². The molecule has 0 aromatic heterocycles. The summed E-state index contributed by atoms with van der Waals surface area (Å²) in [5.41, 5.74) is 1.75. The lowest BCUT2D eigenvalue weighted by Gasteiger charge is -2.14. The van der Waals surface area contributed by atoms with Crippen molar-refractivity contribution < 1.29 is 14.3 Å². The molecule has 1 amide bonds. The molecule has 0 radical (unpaired) electrons. The normalized spacial score (nSPS) is 15.0. The molecule has 1 aliphatic heterocycles. The fourth-order valence-electron chi connectivity index (χ4n) is 2.43. The van der Waals surface area contributed by atoms with Crippen molar-refractivity contribution in [3.63, 3.8) is 0 Å². The molecule has 7 heteroatoms. The van der Waals surface area contributed by atoms with E-state index in [-0.39, 0.29) is 18.9 Å². The van der Waals surface area contributed by atoms with Crippen molar-refractivity contribution in [1.29, 1.82) is 5.26 Å². The minimum atomic E-state index is -0.237. The van der Waals surface area contributed by atoms with Gasteiger partial charge in [-0.2, -0.15) is 10.4 Å². The molecular weight excluding hydrogens is 354 g/mol. The minimum Gasteiger partial charge on any atom is -0.490 e. The number of hydrogen-bond donors (Lipinski definition) is 0. The summed E-state index contributed by atoms with van der Waals surface area (Å²) in [6.45, 7) is 8.25. The number of ether oxygens (including phenoxy) is 2. The summed E-state index contributed by atoms with van der Waals surface area (Å²) in [4.78, 5) is 12.5. The summed E-state index contributed by atoms with van der Waals surface area (Å²) in [6, 6.07) is 5.47. The van der Waals surface area contributed by atoms with Crippen LogP contribution in [-0.4, -0.2) is 36.4 Å². The summed E-state index contributed by atoms with van der Waals surface area (Å²) in [5, 5.41) is 14.6. The van der Waals surface area contributed by atoms with Crippen LogP contribution in [-0.2, 0) is 4.79 Å². The highest BCUT2D eigenvalue weighted by atomic mass is 35.5. The zero-order valence-corrected chi connectivity index (χ0v) is 15.5. The molecule has 0 spiro atoms. The fraction of sp³-hybridized carbons (Fsp3) is 0.316. The molecule has 2 rings (SSSR count). The van der Waals surface area contributed by atoms with Crippen LogP contribution in [0.1, 0.15) is 25.8 Å². The zero-order valence-electron chi connectivity index (χ0n) is 14.8. The largest absolute Gasteiger partial charge is 0.490 e. The molecule has 1 aromatic carbocycles. The van der Waals surface area contributed by atoms with Gasteiger partial charge in [0.15, 0.2) is 11.5 Å². The average Bonchev–Trinajstić information content (AvgIpc) is 2.87. The molecule has 0 aliphatic carbocycles. The van der Waals surface area contributed by atoms with Crippen molar-refractivity contribution in [2.24, 2.45) is 5.10 Å². The van der Waals surface area contributed by atoms with Gasteiger partial charge in [0, 0.05) is 0 Å². The van der Waals surface area contributed by atoms with Gasteiger partial charge in [-0.25, -0.2) is 5.01 Å². The predicted molar refractivity (Wildman–Crippen MR) is 101 cm³/mol. The van der Waals surface area contributed by atoms with Gasteiger partial charge in [0.05, 0.1) is 41.9 Å². The molecule has 0 saturated carbocycles. The Morgan fingerprint density at radius 1 is 1.42 bits per heavy atom. The summed E-state index contributed by atoms with van der Waals surface area (Å²) >= 11 is 6.33. The third-order valence-corrected chi connectivity index (χ3v) is 3.83. The Bertz CT molecular complexity index is 809. The van der Waals surface area contributed by atoms with Crippen molar-refractivity contribution in [3.05, 3.63) is 40.9 Å². The van der Waals surface area contributed by atoms with Crippen LogP contribution < -0.4 is 9.47 Å². The number of hydrogen-bond acceptors (Lipinski definition) is 5. The minimum absolute atomic E-state index is 0.228. The van der Waals surface area contributed by atoms with Gasteiger partial charge < -0.3 is 9.47 Å². The highest BCUT2D eigenvalue weighted by Gasteiger charge is 2.27.